The Balaban J connectivity index is 1.29. The van der Waals surface area contributed by atoms with Crippen LogP contribution in [-0.4, -0.2) is 30.2 Å². The van der Waals surface area contributed by atoms with Crippen LogP contribution < -0.4 is 10.1 Å². The minimum Gasteiger partial charge on any atom is -0.491 e. The van der Waals surface area contributed by atoms with E-state index in [9.17, 15) is 9.18 Å². The summed E-state index contributed by atoms with van der Waals surface area (Å²) in [6, 6.07) is 14.1. The number of rotatable bonds is 8. The molecular formula is C24H25FN2O3S. The minimum absolute atomic E-state index is 0.140. The number of nitrogens with zero attached hydrogens (tertiary/aromatic N) is 1. The third-order valence-corrected chi connectivity index (χ3v) is 6.31. The van der Waals surface area contributed by atoms with Crippen LogP contribution in [0.15, 0.2) is 48.5 Å². The first-order chi connectivity index (χ1) is 15.1. The van der Waals surface area contributed by atoms with Gasteiger partial charge in [-0.2, -0.15) is 0 Å². The zero-order chi connectivity index (χ0) is 21.6. The van der Waals surface area contributed by atoms with Gasteiger partial charge in [0.05, 0.1) is 16.8 Å². The van der Waals surface area contributed by atoms with Gasteiger partial charge in [0, 0.05) is 19.6 Å². The SMILES string of the molecule is Cc1nc(Cc2ccc(F)cc2)sc1C(=O)NCc1ccc(OCC2CCCO2)cc1. The lowest BCUT2D eigenvalue weighted by atomic mass is 10.1. The Morgan fingerprint density at radius 3 is 2.65 bits per heavy atom. The van der Waals surface area contributed by atoms with Crippen LogP contribution in [-0.2, 0) is 17.7 Å². The van der Waals surface area contributed by atoms with Crippen LogP contribution in [0.1, 0.15) is 44.3 Å². The molecule has 0 bridgehead atoms. The number of aromatic nitrogens is 1. The molecule has 0 aliphatic carbocycles. The van der Waals surface area contributed by atoms with Crippen LogP contribution in [0.25, 0.3) is 0 Å². The predicted molar refractivity (Wildman–Crippen MR) is 118 cm³/mol. The first kappa shape index (κ1) is 21.5. The van der Waals surface area contributed by atoms with E-state index >= 15 is 0 Å². The van der Waals surface area contributed by atoms with Crippen molar-refractivity contribution in [3.8, 4) is 5.75 Å². The molecular weight excluding hydrogens is 415 g/mol. The van der Waals surface area contributed by atoms with E-state index in [1.54, 1.807) is 12.1 Å². The monoisotopic (exact) mass is 440 g/mol. The highest BCUT2D eigenvalue weighted by atomic mass is 32.1. The molecule has 0 radical (unpaired) electrons. The zero-order valence-electron chi connectivity index (χ0n) is 17.4. The maximum Gasteiger partial charge on any atom is 0.263 e. The molecule has 2 aromatic carbocycles. The Morgan fingerprint density at radius 2 is 1.94 bits per heavy atom. The van der Waals surface area contributed by atoms with Gasteiger partial charge >= 0.3 is 0 Å². The lowest BCUT2D eigenvalue weighted by Crippen LogP contribution is -2.22. The fraction of sp³-hybridized carbons (Fsp3) is 0.333. The molecule has 1 N–H and O–H groups in total. The molecule has 162 valence electrons. The van der Waals surface area contributed by atoms with E-state index in [0.717, 1.165) is 41.3 Å². The van der Waals surface area contributed by atoms with Gasteiger partial charge in [-0.15, -0.1) is 11.3 Å². The number of carbonyl (C=O) groups is 1. The van der Waals surface area contributed by atoms with Gasteiger partial charge in [-0.25, -0.2) is 9.37 Å². The van der Waals surface area contributed by atoms with Crippen molar-refractivity contribution < 1.29 is 18.7 Å². The highest BCUT2D eigenvalue weighted by molar-refractivity contribution is 7.13. The van der Waals surface area contributed by atoms with Crippen LogP contribution >= 0.6 is 11.3 Å². The number of ether oxygens (including phenoxy) is 2. The normalized spacial score (nSPS) is 15.7. The molecule has 1 fully saturated rings. The summed E-state index contributed by atoms with van der Waals surface area (Å²) in [5, 5.41) is 3.79. The molecule has 31 heavy (non-hydrogen) atoms. The third kappa shape index (κ3) is 5.89. The number of hydrogen-bond donors (Lipinski definition) is 1. The second-order valence-electron chi connectivity index (χ2n) is 7.60. The number of hydrogen-bond acceptors (Lipinski definition) is 5. The van der Waals surface area contributed by atoms with Crippen molar-refractivity contribution in [1.29, 1.82) is 0 Å². The van der Waals surface area contributed by atoms with Crippen molar-refractivity contribution >= 4 is 17.2 Å². The van der Waals surface area contributed by atoms with Crippen molar-refractivity contribution in [2.24, 2.45) is 0 Å². The van der Waals surface area contributed by atoms with E-state index in [2.05, 4.69) is 10.3 Å². The number of halogens is 1. The summed E-state index contributed by atoms with van der Waals surface area (Å²) in [5.74, 6) is 0.398. The van der Waals surface area contributed by atoms with Gasteiger partial charge in [0.2, 0.25) is 0 Å². The van der Waals surface area contributed by atoms with Crippen LogP contribution in [0.3, 0.4) is 0 Å². The highest BCUT2D eigenvalue weighted by Gasteiger charge is 2.17. The summed E-state index contributed by atoms with van der Waals surface area (Å²) in [7, 11) is 0. The number of aryl methyl sites for hydroxylation is 1. The van der Waals surface area contributed by atoms with Crippen molar-refractivity contribution in [2.45, 2.75) is 38.8 Å². The van der Waals surface area contributed by atoms with E-state index in [1.165, 1.54) is 23.5 Å². The number of benzene rings is 2. The van der Waals surface area contributed by atoms with E-state index in [-0.39, 0.29) is 17.8 Å². The molecule has 1 atom stereocenters. The molecule has 3 aromatic rings. The molecule has 1 unspecified atom stereocenters. The quantitative estimate of drug-likeness (QED) is 0.553. The molecule has 1 amide bonds. The lowest BCUT2D eigenvalue weighted by molar-refractivity contribution is 0.0679. The van der Waals surface area contributed by atoms with Crippen molar-refractivity contribution in [2.75, 3.05) is 13.2 Å². The van der Waals surface area contributed by atoms with Gasteiger partial charge < -0.3 is 14.8 Å². The highest BCUT2D eigenvalue weighted by Crippen LogP contribution is 2.22. The summed E-state index contributed by atoms with van der Waals surface area (Å²) < 4.78 is 24.4. The third-order valence-electron chi connectivity index (χ3n) is 5.15. The minimum atomic E-state index is -0.262. The van der Waals surface area contributed by atoms with Crippen LogP contribution in [0, 0.1) is 12.7 Å². The largest absolute Gasteiger partial charge is 0.491 e. The summed E-state index contributed by atoms with van der Waals surface area (Å²) in [4.78, 5) is 17.7. The summed E-state index contributed by atoms with van der Waals surface area (Å²) >= 11 is 1.37. The Kier molecular flexibility index (Phi) is 6.94. The van der Waals surface area contributed by atoms with E-state index in [1.807, 2.05) is 31.2 Å². The number of carbonyl (C=O) groups excluding carboxylic acids is 1. The zero-order valence-corrected chi connectivity index (χ0v) is 18.2. The molecule has 1 saturated heterocycles. The molecule has 1 aliphatic rings. The molecule has 4 rings (SSSR count). The first-order valence-electron chi connectivity index (χ1n) is 10.4. The number of amides is 1. The molecule has 1 aromatic heterocycles. The van der Waals surface area contributed by atoms with Gasteiger partial charge in [-0.05, 0) is 55.2 Å². The molecule has 7 heteroatoms. The lowest BCUT2D eigenvalue weighted by Gasteiger charge is -2.12. The molecule has 0 spiro atoms. The smallest absolute Gasteiger partial charge is 0.263 e. The second kappa shape index (κ2) is 10.0. The van der Waals surface area contributed by atoms with E-state index in [4.69, 9.17) is 9.47 Å². The molecule has 1 aliphatic heterocycles. The maximum atomic E-state index is 13.1. The standard InChI is InChI=1S/C24H25FN2O3S/c1-16-23(31-22(27-16)13-17-4-8-19(25)9-5-17)24(28)26-14-18-6-10-20(11-7-18)30-15-21-3-2-12-29-21/h4-11,21H,2-3,12-15H2,1H3,(H,26,28). The van der Waals surface area contributed by atoms with Crippen LogP contribution in [0.5, 0.6) is 5.75 Å². The van der Waals surface area contributed by atoms with Gasteiger partial charge in [-0.3, -0.25) is 4.79 Å². The fourth-order valence-corrected chi connectivity index (χ4v) is 4.46. The molecule has 5 nitrogen and oxygen atoms in total. The van der Waals surface area contributed by atoms with Crippen LogP contribution in [0.4, 0.5) is 4.39 Å². The summed E-state index contributed by atoms with van der Waals surface area (Å²) in [6.45, 7) is 3.65. The Bertz CT molecular complexity index is 1010. The van der Waals surface area contributed by atoms with Crippen LogP contribution in [0.2, 0.25) is 0 Å². The van der Waals surface area contributed by atoms with Crippen molar-refractivity contribution in [3.05, 3.63) is 81.1 Å². The average Bonchev–Trinajstić information content (AvgIpc) is 3.42. The van der Waals surface area contributed by atoms with Gasteiger partial charge in [0.1, 0.15) is 23.1 Å². The topological polar surface area (TPSA) is 60.5 Å². The van der Waals surface area contributed by atoms with Gasteiger partial charge in [-0.1, -0.05) is 24.3 Å². The fourth-order valence-electron chi connectivity index (χ4n) is 3.45. The van der Waals surface area contributed by atoms with Crippen molar-refractivity contribution in [1.82, 2.24) is 10.3 Å². The Labute approximate surface area is 185 Å². The summed E-state index contributed by atoms with van der Waals surface area (Å²) in [5.41, 5.74) is 2.66. The molecule has 2 heterocycles. The Hall–Kier alpha value is -2.77. The Morgan fingerprint density at radius 1 is 1.19 bits per heavy atom. The van der Waals surface area contributed by atoms with E-state index < -0.39 is 0 Å². The second-order valence-corrected chi connectivity index (χ2v) is 8.68. The number of thiazole rings is 1. The maximum absolute atomic E-state index is 13.1. The molecule has 0 saturated carbocycles. The first-order valence-corrected chi connectivity index (χ1v) is 11.2. The van der Waals surface area contributed by atoms with Crippen molar-refractivity contribution in [3.63, 3.8) is 0 Å². The number of nitrogens with one attached hydrogen (secondary N) is 1. The van der Waals surface area contributed by atoms with E-state index in [0.29, 0.717) is 30.1 Å². The van der Waals surface area contributed by atoms with Gasteiger partial charge in [0.15, 0.2) is 0 Å². The predicted octanol–water partition coefficient (Wildman–Crippen LogP) is 4.67. The summed E-state index contributed by atoms with van der Waals surface area (Å²) in [6.07, 6.45) is 2.91. The average molecular weight is 441 g/mol. The van der Waals surface area contributed by atoms with Gasteiger partial charge in [0.25, 0.3) is 5.91 Å².